The van der Waals surface area contributed by atoms with Crippen LogP contribution in [-0.2, 0) is 9.67 Å². The van der Waals surface area contributed by atoms with Crippen LogP contribution in [0.25, 0.3) is 0 Å². The molecule has 0 aliphatic carbocycles. The Morgan fingerprint density at radius 1 is 1.24 bits per heavy atom. The zero-order chi connectivity index (χ0) is 14.9. The normalized spacial score (nSPS) is 17.2. The first kappa shape index (κ1) is 16.9. The molecule has 1 saturated heterocycles. The van der Waals surface area contributed by atoms with Crippen molar-refractivity contribution >= 4 is 0 Å². The number of rotatable bonds is 8. The van der Waals surface area contributed by atoms with E-state index in [2.05, 4.69) is 26.8 Å². The molecule has 6 heteroatoms. The summed E-state index contributed by atoms with van der Waals surface area (Å²) < 4.78 is 11.1. The molecule has 1 aliphatic heterocycles. The van der Waals surface area contributed by atoms with Crippen molar-refractivity contribution in [1.29, 1.82) is 0 Å². The van der Waals surface area contributed by atoms with Gasteiger partial charge in [0, 0.05) is 13.1 Å². The molecule has 0 atom stereocenters. The van der Waals surface area contributed by atoms with Crippen LogP contribution in [0.2, 0.25) is 0 Å². The molecule has 0 N–H and O–H groups in total. The first-order chi connectivity index (χ1) is 10.3. The third kappa shape index (κ3) is 6.46. The van der Waals surface area contributed by atoms with Gasteiger partial charge >= 0.3 is 113 Å². The van der Waals surface area contributed by atoms with Gasteiger partial charge in [0.1, 0.15) is 0 Å². The molecular formula is C15H25IN3O2-. The number of ether oxygens (including phenoxy) is 1. The SMILES string of the molecule is C[I-]OCc1ccc(OCCCN2CCN(C)CC2)nc1. The molecule has 2 heterocycles. The van der Waals surface area contributed by atoms with Crippen molar-refractivity contribution in [2.24, 2.45) is 0 Å². The van der Waals surface area contributed by atoms with Crippen LogP contribution in [0.4, 0.5) is 0 Å². The minimum absolute atomic E-state index is 0.115. The third-order valence-electron chi connectivity index (χ3n) is 3.59. The maximum absolute atomic E-state index is 5.70. The molecule has 2 rings (SSSR count). The molecule has 1 aromatic heterocycles. The van der Waals surface area contributed by atoms with Crippen molar-refractivity contribution in [3.8, 4) is 5.88 Å². The van der Waals surface area contributed by atoms with Gasteiger partial charge in [0.2, 0.25) is 0 Å². The topological polar surface area (TPSA) is 37.8 Å². The Balaban J connectivity index is 1.60. The summed E-state index contributed by atoms with van der Waals surface area (Å²) in [6.07, 6.45) is 2.89. The van der Waals surface area contributed by atoms with Crippen molar-refractivity contribution in [1.82, 2.24) is 14.8 Å². The summed E-state index contributed by atoms with van der Waals surface area (Å²) in [6.45, 7) is 7.20. The Morgan fingerprint density at radius 3 is 2.71 bits per heavy atom. The second-order valence-electron chi connectivity index (χ2n) is 5.26. The van der Waals surface area contributed by atoms with Gasteiger partial charge in [-0.25, -0.2) is 0 Å². The number of hydrogen-bond acceptors (Lipinski definition) is 5. The van der Waals surface area contributed by atoms with Gasteiger partial charge < -0.3 is 4.90 Å². The number of piperazine rings is 1. The van der Waals surface area contributed by atoms with E-state index in [1.807, 2.05) is 18.3 Å². The fourth-order valence-corrected chi connectivity index (χ4v) is 2.91. The zero-order valence-electron chi connectivity index (χ0n) is 12.9. The monoisotopic (exact) mass is 406 g/mol. The molecule has 0 saturated carbocycles. The first-order valence-corrected chi connectivity index (χ1v) is 10.4. The van der Waals surface area contributed by atoms with Crippen molar-refractivity contribution < 1.29 is 29.4 Å². The number of halogens is 1. The molecule has 1 aliphatic rings. The standard InChI is InChI=1S/C15H25IN3O2/c1-16-21-13-14-4-5-15(17-12-14)20-11-3-6-19-9-7-18(2)8-10-19/h4-5,12H,3,6-11,13H2,1-2H3/q-1. The van der Waals surface area contributed by atoms with E-state index in [9.17, 15) is 0 Å². The Morgan fingerprint density at radius 2 is 2.05 bits per heavy atom. The summed E-state index contributed by atoms with van der Waals surface area (Å²) in [6, 6.07) is 3.96. The van der Waals surface area contributed by atoms with Crippen molar-refractivity contribution in [3.05, 3.63) is 23.9 Å². The average molecular weight is 406 g/mol. The molecule has 5 nitrogen and oxygen atoms in total. The van der Waals surface area contributed by atoms with Gasteiger partial charge in [-0.15, -0.1) is 0 Å². The van der Waals surface area contributed by atoms with E-state index in [1.165, 1.54) is 26.2 Å². The van der Waals surface area contributed by atoms with Crippen LogP contribution in [0.5, 0.6) is 5.88 Å². The second kappa shape index (κ2) is 9.55. The molecule has 0 spiro atoms. The summed E-state index contributed by atoms with van der Waals surface area (Å²) in [5, 5.41) is 0. The quantitative estimate of drug-likeness (QED) is 0.291. The fraction of sp³-hybridized carbons (Fsp3) is 0.667. The van der Waals surface area contributed by atoms with Crippen molar-refractivity contribution in [2.45, 2.75) is 13.0 Å². The van der Waals surface area contributed by atoms with Gasteiger partial charge in [-0.05, 0) is 7.05 Å². The zero-order valence-corrected chi connectivity index (χ0v) is 15.1. The van der Waals surface area contributed by atoms with E-state index in [0.717, 1.165) is 25.1 Å². The van der Waals surface area contributed by atoms with Crippen molar-refractivity contribution in [3.63, 3.8) is 0 Å². The van der Waals surface area contributed by atoms with Crippen LogP contribution < -0.4 is 26.4 Å². The maximum atomic E-state index is 5.70. The van der Waals surface area contributed by atoms with Crippen LogP contribution in [-0.4, -0.2) is 66.1 Å². The van der Waals surface area contributed by atoms with Crippen molar-refractivity contribution in [2.75, 3.05) is 51.3 Å². The number of nitrogens with zero attached hydrogens (tertiary/aromatic N) is 3. The van der Waals surface area contributed by atoms with Gasteiger partial charge in [0.15, 0.2) is 0 Å². The summed E-state index contributed by atoms with van der Waals surface area (Å²) in [7, 11) is 2.18. The van der Waals surface area contributed by atoms with Gasteiger partial charge in [-0.2, -0.15) is 0 Å². The van der Waals surface area contributed by atoms with Gasteiger partial charge in [0.05, 0.1) is 0 Å². The predicted octanol–water partition coefficient (Wildman–Crippen LogP) is -1.75. The molecule has 0 unspecified atom stereocenters. The molecule has 0 bridgehead atoms. The van der Waals surface area contributed by atoms with E-state index in [0.29, 0.717) is 12.5 Å². The molecule has 120 valence electrons. The molecule has 1 fully saturated rings. The minimum atomic E-state index is -0.115. The fourth-order valence-electron chi connectivity index (χ4n) is 2.24. The summed E-state index contributed by atoms with van der Waals surface area (Å²) in [5.74, 6) is 0.711. The van der Waals surface area contributed by atoms with E-state index in [-0.39, 0.29) is 21.6 Å². The van der Waals surface area contributed by atoms with Crippen LogP contribution in [0.15, 0.2) is 18.3 Å². The summed E-state index contributed by atoms with van der Waals surface area (Å²) in [4.78, 5) is 11.3. The van der Waals surface area contributed by atoms with Crippen LogP contribution in [0.3, 0.4) is 0 Å². The molecular weight excluding hydrogens is 381 g/mol. The molecule has 0 amide bonds. The Bertz CT molecular complexity index is 394. The summed E-state index contributed by atoms with van der Waals surface area (Å²) in [5.41, 5.74) is 1.11. The average Bonchev–Trinajstić information content (AvgIpc) is 2.52. The van der Waals surface area contributed by atoms with Gasteiger partial charge in [0.25, 0.3) is 0 Å². The predicted molar refractivity (Wildman–Crippen MR) is 79.0 cm³/mol. The van der Waals surface area contributed by atoms with Crippen LogP contribution in [0.1, 0.15) is 12.0 Å². The van der Waals surface area contributed by atoms with Crippen LogP contribution >= 0.6 is 0 Å². The molecule has 0 aromatic carbocycles. The second-order valence-corrected chi connectivity index (χ2v) is 6.76. The molecule has 0 radical (unpaired) electrons. The summed E-state index contributed by atoms with van der Waals surface area (Å²) >= 11 is -0.115. The molecule has 21 heavy (non-hydrogen) atoms. The number of hydrogen-bond donors (Lipinski definition) is 0. The Labute approximate surface area is 138 Å². The number of pyridine rings is 1. The van der Waals surface area contributed by atoms with Gasteiger partial charge in [-0.1, -0.05) is 0 Å². The van der Waals surface area contributed by atoms with Gasteiger partial charge in [-0.3, -0.25) is 0 Å². The first-order valence-electron chi connectivity index (χ1n) is 7.38. The number of likely N-dealkylation sites (N-methyl/N-ethyl adjacent to an activating group) is 1. The number of alkyl halides is 1. The van der Waals surface area contributed by atoms with E-state index < -0.39 is 0 Å². The van der Waals surface area contributed by atoms with E-state index in [1.54, 1.807) is 0 Å². The van der Waals surface area contributed by atoms with E-state index in [4.69, 9.17) is 7.80 Å². The Hall–Kier alpha value is -0.440. The van der Waals surface area contributed by atoms with Crippen LogP contribution in [0, 0.1) is 0 Å². The third-order valence-corrected chi connectivity index (χ3v) is 4.53. The van der Waals surface area contributed by atoms with E-state index >= 15 is 0 Å². The molecule has 1 aromatic rings. The Kier molecular flexibility index (Phi) is 7.70. The number of aromatic nitrogens is 1.